The first-order valence-electron chi connectivity index (χ1n) is 4.11. The summed E-state index contributed by atoms with van der Waals surface area (Å²) in [4.78, 5) is 2.36. The van der Waals surface area contributed by atoms with Gasteiger partial charge in [-0.25, -0.2) is 0 Å². The second kappa shape index (κ2) is 1.95. The fraction of sp³-hybridized carbons (Fsp3) is 1.00. The summed E-state index contributed by atoms with van der Waals surface area (Å²) >= 11 is 0. The van der Waals surface area contributed by atoms with Gasteiger partial charge in [-0.05, 0) is 31.3 Å². The number of aliphatic hydroxyl groups is 1. The molecule has 0 aromatic rings. The van der Waals surface area contributed by atoms with Crippen molar-refractivity contribution < 1.29 is 5.11 Å². The molecule has 3 saturated heterocycles. The van der Waals surface area contributed by atoms with Crippen LogP contribution >= 0.6 is 0 Å². The van der Waals surface area contributed by atoms with Crippen LogP contribution in [0.1, 0.15) is 19.8 Å². The van der Waals surface area contributed by atoms with Gasteiger partial charge in [-0.15, -0.1) is 0 Å². The minimum Gasteiger partial charge on any atom is -0.391 e. The number of fused-ring (bicyclic) bond motifs is 3. The van der Waals surface area contributed by atoms with E-state index in [4.69, 9.17) is 0 Å². The SMILES string of the molecule is CC12CCN(CC1)CC2O. The number of hydrogen-bond acceptors (Lipinski definition) is 2. The Bertz CT molecular complexity index is 138. The van der Waals surface area contributed by atoms with Crippen molar-refractivity contribution in [1.29, 1.82) is 0 Å². The average Bonchev–Trinajstić information content (AvgIpc) is 1.92. The fourth-order valence-electron chi connectivity index (χ4n) is 2.04. The summed E-state index contributed by atoms with van der Waals surface area (Å²) in [6.07, 6.45) is 2.32. The summed E-state index contributed by atoms with van der Waals surface area (Å²) in [6, 6.07) is 0. The number of rotatable bonds is 0. The van der Waals surface area contributed by atoms with E-state index in [2.05, 4.69) is 11.8 Å². The van der Waals surface area contributed by atoms with Crippen LogP contribution in [0.2, 0.25) is 0 Å². The zero-order valence-corrected chi connectivity index (χ0v) is 6.51. The topological polar surface area (TPSA) is 23.5 Å². The Morgan fingerprint density at radius 3 is 2.30 bits per heavy atom. The molecule has 58 valence electrons. The molecular formula is C8H15NO. The monoisotopic (exact) mass is 141 g/mol. The Hall–Kier alpha value is -0.0800. The van der Waals surface area contributed by atoms with Crippen LogP contribution in [-0.4, -0.2) is 35.7 Å². The second-order valence-electron chi connectivity index (χ2n) is 3.97. The van der Waals surface area contributed by atoms with Crippen molar-refractivity contribution in [3.63, 3.8) is 0 Å². The summed E-state index contributed by atoms with van der Waals surface area (Å²) in [5, 5.41) is 9.62. The number of piperidine rings is 3. The number of nitrogens with zero attached hydrogens (tertiary/aromatic N) is 1. The van der Waals surface area contributed by atoms with E-state index in [1.807, 2.05) is 0 Å². The molecule has 1 atom stereocenters. The fourth-order valence-corrected chi connectivity index (χ4v) is 2.04. The van der Waals surface area contributed by atoms with Gasteiger partial charge in [0.15, 0.2) is 0 Å². The molecule has 0 saturated carbocycles. The summed E-state index contributed by atoms with van der Waals surface area (Å²) in [5.41, 5.74) is 0.259. The van der Waals surface area contributed by atoms with Crippen molar-refractivity contribution in [3.05, 3.63) is 0 Å². The summed E-state index contributed by atoms with van der Waals surface area (Å²) in [6.45, 7) is 5.53. The molecule has 0 aromatic carbocycles. The maximum atomic E-state index is 9.62. The Labute approximate surface area is 61.8 Å². The smallest absolute Gasteiger partial charge is 0.0721 e. The Balaban J connectivity index is 2.17. The van der Waals surface area contributed by atoms with Crippen molar-refractivity contribution in [2.45, 2.75) is 25.9 Å². The van der Waals surface area contributed by atoms with E-state index >= 15 is 0 Å². The van der Waals surface area contributed by atoms with Gasteiger partial charge in [0.05, 0.1) is 6.10 Å². The predicted octanol–water partition coefficient (Wildman–Crippen LogP) is 0.463. The zero-order chi connectivity index (χ0) is 7.19. The van der Waals surface area contributed by atoms with Gasteiger partial charge in [0.1, 0.15) is 0 Å². The van der Waals surface area contributed by atoms with Gasteiger partial charge in [-0.2, -0.15) is 0 Å². The van der Waals surface area contributed by atoms with Gasteiger partial charge >= 0.3 is 0 Å². The lowest BCUT2D eigenvalue weighted by atomic mass is 9.72. The van der Waals surface area contributed by atoms with Crippen LogP contribution in [0.25, 0.3) is 0 Å². The van der Waals surface area contributed by atoms with Crippen LogP contribution in [0.3, 0.4) is 0 Å². The molecule has 3 aliphatic rings. The van der Waals surface area contributed by atoms with Crippen LogP contribution in [-0.2, 0) is 0 Å². The molecule has 3 heterocycles. The molecule has 3 rings (SSSR count). The van der Waals surface area contributed by atoms with Crippen LogP contribution < -0.4 is 0 Å². The summed E-state index contributed by atoms with van der Waals surface area (Å²) in [7, 11) is 0. The van der Waals surface area contributed by atoms with Crippen LogP contribution in [0.15, 0.2) is 0 Å². The predicted molar refractivity (Wildman–Crippen MR) is 39.8 cm³/mol. The van der Waals surface area contributed by atoms with Crippen molar-refractivity contribution in [2.24, 2.45) is 5.41 Å². The van der Waals surface area contributed by atoms with Gasteiger partial charge < -0.3 is 10.0 Å². The number of hydrogen-bond donors (Lipinski definition) is 1. The highest BCUT2D eigenvalue weighted by Crippen LogP contribution is 2.39. The van der Waals surface area contributed by atoms with Crippen molar-refractivity contribution in [2.75, 3.05) is 19.6 Å². The van der Waals surface area contributed by atoms with E-state index < -0.39 is 0 Å². The van der Waals surface area contributed by atoms with Crippen LogP contribution in [0, 0.1) is 5.41 Å². The van der Waals surface area contributed by atoms with Gasteiger partial charge in [0.25, 0.3) is 0 Å². The molecule has 10 heavy (non-hydrogen) atoms. The van der Waals surface area contributed by atoms with Gasteiger partial charge in [0, 0.05) is 6.54 Å². The lowest BCUT2D eigenvalue weighted by Crippen LogP contribution is -2.56. The Morgan fingerprint density at radius 1 is 1.40 bits per heavy atom. The van der Waals surface area contributed by atoms with E-state index in [0.29, 0.717) is 0 Å². The minimum atomic E-state index is -0.0602. The lowest BCUT2D eigenvalue weighted by molar-refractivity contribution is -0.0822. The molecule has 2 nitrogen and oxygen atoms in total. The van der Waals surface area contributed by atoms with Crippen molar-refractivity contribution in [3.8, 4) is 0 Å². The molecule has 0 aliphatic carbocycles. The van der Waals surface area contributed by atoms with E-state index in [-0.39, 0.29) is 11.5 Å². The lowest BCUT2D eigenvalue weighted by Gasteiger charge is -2.49. The first-order valence-corrected chi connectivity index (χ1v) is 4.11. The normalized spacial score (nSPS) is 53.4. The highest BCUT2D eigenvalue weighted by molar-refractivity contribution is 4.95. The molecule has 1 unspecified atom stereocenters. The van der Waals surface area contributed by atoms with Gasteiger partial charge in [-0.1, -0.05) is 6.92 Å². The van der Waals surface area contributed by atoms with E-state index in [1.54, 1.807) is 0 Å². The maximum Gasteiger partial charge on any atom is 0.0721 e. The Kier molecular flexibility index (Phi) is 1.29. The van der Waals surface area contributed by atoms with Gasteiger partial charge in [-0.3, -0.25) is 0 Å². The highest BCUT2D eigenvalue weighted by atomic mass is 16.3. The third-order valence-electron chi connectivity index (χ3n) is 3.23. The largest absolute Gasteiger partial charge is 0.391 e. The molecular weight excluding hydrogens is 126 g/mol. The van der Waals surface area contributed by atoms with Gasteiger partial charge in [0.2, 0.25) is 0 Å². The first kappa shape index (κ1) is 6.62. The molecule has 3 aliphatic heterocycles. The third kappa shape index (κ3) is 0.789. The van der Waals surface area contributed by atoms with Crippen molar-refractivity contribution in [1.82, 2.24) is 4.90 Å². The summed E-state index contributed by atoms with van der Waals surface area (Å²) < 4.78 is 0. The average molecular weight is 141 g/mol. The first-order chi connectivity index (χ1) is 4.71. The molecule has 2 bridgehead atoms. The quantitative estimate of drug-likeness (QED) is 0.530. The molecule has 1 N–H and O–H groups in total. The summed E-state index contributed by atoms with van der Waals surface area (Å²) in [5.74, 6) is 0. The molecule has 0 spiro atoms. The minimum absolute atomic E-state index is 0.0602. The van der Waals surface area contributed by atoms with E-state index in [0.717, 1.165) is 6.54 Å². The molecule has 3 fully saturated rings. The highest BCUT2D eigenvalue weighted by Gasteiger charge is 2.42. The van der Waals surface area contributed by atoms with Crippen molar-refractivity contribution >= 4 is 0 Å². The standard InChI is InChI=1S/C8H15NO/c1-8-2-4-9(5-3-8)6-7(8)10/h7,10H,2-6H2,1H3. The molecule has 0 amide bonds. The Morgan fingerprint density at radius 2 is 2.00 bits per heavy atom. The number of aliphatic hydroxyl groups excluding tert-OH is 1. The molecule has 2 heteroatoms. The van der Waals surface area contributed by atoms with Crippen LogP contribution in [0.4, 0.5) is 0 Å². The zero-order valence-electron chi connectivity index (χ0n) is 6.51. The van der Waals surface area contributed by atoms with Crippen LogP contribution in [0.5, 0.6) is 0 Å². The second-order valence-corrected chi connectivity index (χ2v) is 3.97. The molecule has 0 radical (unpaired) electrons. The van der Waals surface area contributed by atoms with E-state index in [9.17, 15) is 5.11 Å². The maximum absolute atomic E-state index is 9.62. The van der Waals surface area contributed by atoms with E-state index in [1.165, 1.54) is 25.9 Å². The molecule has 0 aromatic heterocycles. The third-order valence-corrected chi connectivity index (χ3v) is 3.23.